The fourth-order valence-electron chi connectivity index (χ4n) is 2.84. The number of carbonyl (C=O) groups excluding carboxylic acids is 1. The lowest BCUT2D eigenvalue weighted by Gasteiger charge is -2.26. The van der Waals surface area contributed by atoms with Crippen LogP contribution in [0.25, 0.3) is 11.0 Å². The van der Waals surface area contributed by atoms with Crippen molar-refractivity contribution in [2.75, 3.05) is 6.61 Å². The van der Waals surface area contributed by atoms with E-state index < -0.39 is 27.5 Å². The Bertz CT molecular complexity index is 1090. The van der Waals surface area contributed by atoms with Gasteiger partial charge in [0.25, 0.3) is 5.69 Å². The topological polar surface area (TPSA) is 164 Å². The summed E-state index contributed by atoms with van der Waals surface area (Å²) in [6.07, 6.45) is -0.00521. The van der Waals surface area contributed by atoms with E-state index in [1.54, 1.807) is 17.2 Å². The van der Waals surface area contributed by atoms with Gasteiger partial charge in [-0.15, -0.1) is 0 Å². The number of H-pyrrole nitrogens is 2. The molecule has 12 heteroatoms. The van der Waals surface area contributed by atoms with Gasteiger partial charge in [-0.1, -0.05) is 11.8 Å². The van der Waals surface area contributed by atoms with Crippen LogP contribution in [-0.4, -0.2) is 37.9 Å². The first-order valence-electron chi connectivity index (χ1n) is 8.26. The lowest BCUT2D eigenvalue weighted by atomic mass is 10.1. The summed E-state index contributed by atoms with van der Waals surface area (Å²) in [5, 5.41) is 13.0. The lowest BCUT2D eigenvalue weighted by Crippen LogP contribution is -2.36. The van der Waals surface area contributed by atoms with E-state index in [4.69, 9.17) is 10.5 Å². The average Bonchev–Trinajstić information content (AvgIpc) is 2.96. The maximum absolute atomic E-state index is 11.8. The number of nitro benzene ring substituents is 1. The van der Waals surface area contributed by atoms with Crippen molar-refractivity contribution in [3.63, 3.8) is 0 Å². The highest BCUT2D eigenvalue weighted by atomic mass is 32.2. The first-order valence-corrected chi connectivity index (χ1v) is 9.20. The van der Waals surface area contributed by atoms with E-state index in [1.807, 2.05) is 0 Å². The number of rotatable bonds is 6. The number of fused-ring (bicyclic) bond motifs is 1. The minimum absolute atomic E-state index is 0.00521. The number of nitrogens with one attached hydrogen (secondary N) is 2. The molecule has 148 valence electrons. The Morgan fingerprint density at radius 3 is 2.75 bits per heavy atom. The average molecular weight is 407 g/mol. The normalized spacial score (nSPS) is 16.3. The molecule has 4 N–H and O–H groups in total. The minimum Gasteiger partial charge on any atom is -0.466 e. The number of benzene rings is 1. The van der Waals surface area contributed by atoms with Crippen LogP contribution in [-0.2, 0) is 16.1 Å². The molecule has 1 unspecified atom stereocenters. The second-order valence-electron chi connectivity index (χ2n) is 5.94. The molecular weight excluding hydrogens is 390 g/mol. The van der Waals surface area contributed by atoms with Crippen molar-refractivity contribution >= 4 is 34.5 Å². The van der Waals surface area contributed by atoms with Crippen molar-refractivity contribution in [1.82, 2.24) is 14.9 Å². The van der Waals surface area contributed by atoms with Crippen LogP contribution >= 0.6 is 11.8 Å². The van der Waals surface area contributed by atoms with E-state index in [0.29, 0.717) is 11.3 Å². The molecule has 1 aromatic heterocycles. The monoisotopic (exact) mass is 407 g/mol. The highest BCUT2D eigenvalue weighted by Gasteiger charge is 2.27. The lowest BCUT2D eigenvalue weighted by molar-refractivity contribution is -0.384. The quantitative estimate of drug-likeness (QED) is 0.271. The van der Waals surface area contributed by atoms with Crippen molar-refractivity contribution in [3.05, 3.63) is 59.6 Å². The van der Waals surface area contributed by atoms with Gasteiger partial charge in [-0.2, -0.15) is 0 Å². The summed E-state index contributed by atoms with van der Waals surface area (Å²) < 4.78 is 4.95. The predicted octanol–water partition coefficient (Wildman–Crippen LogP) is 0.710. The third kappa shape index (κ3) is 3.92. The number of non-ortho nitro benzene ring substituents is 1. The molecule has 11 nitrogen and oxygen atoms in total. The molecule has 0 saturated heterocycles. The van der Waals surface area contributed by atoms with Crippen molar-refractivity contribution in [2.45, 2.75) is 25.4 Å². The Balaban J connectivity index is 2.02. The van der Waals surface area contributed by atoms with Gasteiger partial charge in [0.2, 0.25) is 0 Å². The zero-order valence-electron chi connectivity index (χ0n) is 14.8. The minimum atomic E-state index is -0.907. The highest BCUT2D eigenvalue weighted by molar-refractivity contribution is 8.02. The summed E-state index contributed by atoms with van der Waals surface area (Å²) in [6.45, 7) is 2.03. The number of thioether (sulfide) groups is 1. The van der Waals surface area contributed by atoms with Crippen LogP contribution in [0.2, 0.25) is 0 Å². The summed E-state index contributed by atoms with van der Waals surface area (Å²) in [5.74, 6) is -0.421. The molecule has 0 bridgehead atoms. The molecule has 0 amide bonds. The number of nitrogens with two attached hydrogens (primary N) is 1. The first kappa shape index (κ1) is 19.6. The van der Waals surface area contributed by atoms with Crippen LogP contribution in [0, 0.1) is 10.1 Å². The Hall–Kier alpha value is -3.12. The molecule has 2 aromatic rings. The number of carbonyl (C=O) groups is 1. The van der Waals surface area contributed by atoms with Crippen molar-refractivity contribution in [3.8, 4) is 0 Å². The largest absolute Gasteiger partial charge is 0.466 e. The van der Waals surface area contributed by atoms with Gasteiger partial charge in [0, 0.05) is 29.9 Å². The second-order valence-corrected chi connectivity index (χ2v) is 6.93. The molecule has 1 atom stereocenters. The summed E-state index contributed by atoms with van der Waals surface area (Å²) >= 11 is 1.28. The molecule has 1 aromatic carbocycles. The van der Waals surface area contributed by atoms with Crippen LogP contribution in [0.3, 0.4) is 0 Å². The Kier molecular flexibility index (Phi) is 5.51. The SMILES string of the molecule is CCOC(=O)CC1=CSC(N)N1Cc1cc([N+](=O)[O-])cc2[nH]c(=O)c(=O)[nH]c12. The third-order valence-corrected chi connectivity index (χ3v) is 5.04. The first-order chi connectivity index (χ1) is 13.3. The van der Waals surface area contributed by atoms with E-state index in [9.17, 15) is 24.5 Å². The van der Waals surface area contributed by atoms with Crippen LogP contribution in [0.5, 0.6) is 0 Å². The fourth-order valence-corrected chi connectivity index (χ4v) is 3.71. The van der Waals surface area contributed by atoms with Gasteiger partial charge in [-0.3, -0.25) is 24.5 Å². The van der Waals surface area contributed by atoms with Gasteiger partial charge in [0.05, 0.1) is 29.0 Å². The standard InChI is InChI=1S/C16H17N5O6S/c1-2-27-12(22)5-10-7-28-16(17)20(10)6-8-3-9(21(25)26)4-11-13(8)19-15(24)14(23)18-11/h3-4,7,16H,2,5-6,17H2,1H3,(H,18,23)(H,19,24). The van der Waals surface area contributed by atoms with Gasteiger partial charge in [-0.05, 0) is 12.3 Å². The molecule has 0 fully saturated rings. The van der Waals surface area contributed by atoms with E-state index >= 15 is 0 Å². The number of aromatic nitrogens is 2. The Morgan fingerprint density at radius 2 is 2.07 bits per heavy atom. The second kappa shape index (κ2) is 7.86. The van der Waals surface area contributed by atoms with Gasteiger partial charge < -0.3 is 25.3 Å². The van der Waals surface area contributed by atoms with Crippen LogP contribution in [0.4, 0.5) is 5.69 Å². The molecule has 0 aliphatic carbocycles. The fraction of sp³-hybridized carbons (Fsp3) is 0.312. The van der Waals surface area contributed by atoms with E-state index in [1.165, 1.54) is 23.9 Å². The van der Waals surface area contributed by atoms with Gasteiger partial charge in [0.1, 0.15) is 5.50 Å². The summed E-state index contributed by atoms with van der Waals surface area (Å²) in [4.78, 5) is 52.3. The van der Waals surface area contributed by atoms with Gasteiger partial charge in [-0.25, -0.2) is 0 Å². The molecule has 0 saturated carbocycles. The van der Waals surface area contributed by atoms with Gasteiger partial charge in [0.15, 0.2) is 0 Å². The molecule has 3 rings (SSSR count). The molecule has 0 spiro atoms. The van der Waals surface area contributed by atoms with Crippen LogP contribution in [0.1, 0.15) is 18.9 Å². The number of aromatic amines is 2. The molecule has 1 aliphatic rings. The van der Waals surface area contributed by atoms with Crippen LogP contribution in [0.15, 0.2) is 32.8 Å². The molecule has 2 heterocycles. The summed E-state index contributed by atoms with van der Waals surface area (Å²) in [6, 6.07) is 2.47. The summed E-state index contributed by atoms with van der Waals surface area (Å²) in [7, 11) is 0. The molecular formula is C16H17N5O6S. The van der Waals surface area contributed by atoms with Gasteiger partial charge >= 0.3 is 17.1 Å². The number of esters is 1. The zero-order valence-corrected chi connectivity index (χ0v) is 15.6. The number of nitrogens with zero attached hydrogens (tertiary/aromatic N) is 2. The maximum atomic E-state index is 11.8. The smallest absolute Gasteiger partial charge is 0.314 e. The number of hydrogen-bond acceptors (Lipinski definition) is 9. The zero-order chi connectivity index (χ0) is 20.4. The van der Waals surface area contributed by atoms with E-state index in [-0.39, 0.29) is 36.3 Å². The van der Waals surface area contributed by atoms with Crippen molar-refractivity contribution < 1.29 is 14.5 Å². The van der Waals surface area contributed by atoms with Crippen molar-refractivity contribution in [2.24, 2.45) is 5.73 Å². The maximum Gasteiger partial charge on any atom is 0.314 e. The number of nitro groups is 1. The van der Waals surface area contributed by atoms with E-state index in [0.717, 1.165) is 0 Å². The van der Waals surface area contributed by atoms with E-state index in [2.05, 4.69) is 9.97 Å². The summed E-state index contributed by atoms with van der Waals surface area (Å²) in [5.41, 5.74) is 4.91. The number of hydrogen-bond donors (Lipinski definition) is 3. The highest BCUT2D eigenvalue weighted by Crippen LogP contribution is 2.33. The molecule has 0 radical (unpaired) electrons. The number of ether oxygens (including phenoxy) is 1. The van der Waals surface area contributed by atoms with Crippen LogP contribution < -0.4 is 16.9 Å². The predicted molar refractivity (Wildman–Crippen MR) is 102 cm³/mol. The molecule has 28 heavy (non-hydrogen) atoms. The molecule has 1 aliphatic heterocycles. The van der Waals surface area contributed by atoms with Crippen molar-refractivity contribution in [1.29, 1.82) is 0 Å². The third-order valence-electron chi connectivity index (χ3n) is 4.10. The Morgan fingerprint density at radius 1 is 1.36 bits per heavy atom. The Labute approximate surface area is 161 Å².